The van der Waals surface area contributed by atoms with E-state index in [0.29, 0.717) is 18.1 Å². The van der Waals surface area contributed by atoms with Crippen molar-refractivity contribution < 1.29 is 28.2 Å². The minimum atomic E-state index is -2.74. The zero-order valence-corrected chi connectivity index (χ0v) is 10.9. The standard InChI is InChI=1S/C7H16N2O2S.C2H2O4/c1-9(4-3-8)7-2-5-12(10,11)6-7;3-1(4)2(5)6/h7H,2-6,8H2,1H3;(H,3,4)(H,5,6). The van der Waals surface area contributed by atoms with Crippen LogP contribution in [0, 0.1) is 0 Å². The average Bonchev–Trinajstić information content (AvgIpc) is 2.60. The third-order valence-corrected chi connectivity index (χ3v) is 4.25. The highest BCUT2D eigenvalue weighted by Crippen LogP contribution is 2.15. The van der Waals surface area contributed by atoms with Gasteiger partial charge in [-0.2, -0.15) is 0 Å². The Morgan fingerprint density at radius 3 is 2.11 bits per heavy atom. The first-order chi connectivity index (χ1) is 8.19. The number of aliphatic carboxylic acids is 2. The molecule has 4 N–H and O–H groups in total. The summed E-state index contributed by atoms with van der Waals surface area (Å²) in [5, 5.41) is 14.8. The molecule has 0 aliphatic carbocycles. The molecule has 1 aliphatic heterocycles. The molecule has 0 amide bonds. The molecule has 1 saturated heterocycles. The van der Waals surface area contributed by atoms with Gasteiger partial charge in [0.15, 0.2) is 9.84 Å². The van der Waals surface area contributed by atoms with Gasteiger partial charge in [0.25, 0.3) is 0 Å². The smallest absolute Gasteiger partial charge is 0.414 e. The van der Waals surface area contributed by atoms with Gasteiger partial charge in [-0.1, -0.05) is 0 Å². The fraction of sp³-hybridized carbons (Fsp3) is 0.778. The summed E-state index contributed by atoms with van der Waals surface area (Å²) in [6, 6.07) is 0.193. The first-order valence-corrected chi connectivity index (χ1v) is 7.08. The minimum absolute atomic E-state index is 0.193. The van der Waals surface area contributed by atoms with Crippen molar-refractivity contribution in [3.8, 4) is 0 Å². The molecule has 0 saturated carbocycles. The molecule has 0 aromatic rings. The number of carboxylic acids is 2. The Bertz CT molecular complexity index is 382. The Morgan fingerprint density at radius 1 is 1.33 bits per heavy atom. The van der Waals surface area contributed by atoms with Crippen molar-refractivity contribution in [3.63, 3.8) is 0 Å². The average molecular weight is 282 g/mol. The van der Waals surface area contributed by atoms with Gasteiger partial charge in [-0.05, 0) is 13.5 Å². The van der Waals surface area contributed by atoms with Crippen LogP contribution < -0.4 is 5.73 Å². The lowest BCUT2D eigenvalue weighted by Crippen LogP contribution is -2.36. The molecule has 1 unspecified atom stereocenters. The van der Waals surface area contributed by atoms with Crippen molar-refractivity contribution >= 4 is 21.8 Å². The van der Waals surface area contributed by atoms with E-state index in [-0.39, 0.29) is 6.04 Å². The second-order valence-electron chi connectivity index (χ2n) is 3.94. The van der Waals surface area contributed by atoms with Gasteiger partial charge in [-0.15, -0.1) is 0 Å². The summed E-state index contributed by atoms with van der Waals surface area (Å²) in [6.45, 7) is 1.37. The Kier molecular flexibility index (Phi) is 6.81. The third kappa shape index (κ3) is 6.52. The number of carbonyl (C=O) groups is 2. The molecule has 1 fully saturated rings. The Labute approximate surface area is 105 Å². The summed E-state index contributed by atoms with van der Waals surface area (Å²) < 4.78 is 22.2. The quantitative estimate of drug-likeness (QED) is 0.516. The highest BCUT2D eigenvalue weighted by molar-refractivity contribution is 7.91. The molecule has 18 heavy (non-hydrogen) atoms. The van der Waals surface area contributed by atoms with Crippen molar-refractivity contribution in [2.24, 2.45) is 5.73 Å². The normalized spacial score (nSPS) is 21.2. The van der Waals surface area contributed by atoms with Gasteiger partial charge < -0.3 is 20.8 Å². The van der Waals surface area contributed by atoms with E-state index in [1.165, 1.54) is 0 Å². The van der Waals surface area contributed by atoms with Gasteiger partial charge >= 0.3 is 11.9 Å². The first-order valence-electron chi connectivity index (χ1n) is 5.26. The summed E-state index contributed by atoms with van der Waals surface area (Å²) >= 11 is 0. The molecule has 0 radical (unpaired) electrons. The van der Waals surface area contributed by atoms with Crippen molar-refractivity contribution in [3.05, 3.63) is 0 Å². The highest BCUT2D eigenvalue weighted by atomic mass is 32.2. The second kappa shape index (κ2) is 7.29. The lowest BCUT2D eigenvalue weighted by Gasteiger charge is -2.21. The summed E-state index contributed by atoms with van der Waals surface area (Å²) in [4.78, 5) is 20.2. The topological polar surface area (TPSA) is 138 Å². The van der Waals surface area contributed by atoms with Crippen LogP contribution in [0.15, 0.2) is 0 Å². The van der Waals surface area contributed by atoms with E-state index in [9.17, 15) is 8.42 Å². The van der Waals surface area contributed by atoms with Crippen LogP contribution in [-0.4, -0.2) is 73.2 Å². The lowest BCUT2D eigenvalue weighted by molar-refractivity contribution is -0.159. The van der Waals surface area contributed by atoms with Crippen LogP contribution in [0.5, 0.6) is 0 Å². The number of likely N-dealkylation sites (N-methyl/N-ethyl adjacent to an activating group) is 1. The molecule has 0 aromatic heterocycles. The van der Waals surface area contributed by atoms with E-state index in [0.717, 1.165) is 13.0 Å². The maximum Gasteiger partial charge on any atom is 0.414 e. The van der Waals surface area contributed by atoms with Gasteiger partial charge in [0.2, 0.25) is 0 Å². The monoisotopic (exact) mass is 282 g/mol. The van der Waals surface area contributed by atoms with Crippen LogP contribution in [0.2, 0.25) is 0 Å². The largest absolute Gasteiger partial charge is 0.473 e. The predicted octanol–water partition coefficient (Wildman–Crippen LogP) is -1.78. The number of sulfone groups is 1. The molecule has 0 spiro atoms. The molecule has 1 heterocycles. The zero-order chi connectivity index (χ0) is 14.3. The van der Waals surface area contributed by atoms with Crippen LogP contribution >= 0.6 is 0 Å². The van der Waals surface area contributed by atoms with Crippen LogP contribution in [0.3, 0.4) is 0 Å². The number of nitrogens with zero attached hydrogens (tertiary/aromatic N) is 1. The number of carboxylic acid groups (broad SMARTS) is 2. The van der Waals surface area contributed by atoms with E-state index >= 15 is 0 Å². The maximum atomic E-state index is 11.1. The van der Waals surface area contributed by atoms with E-state index in [4.69, 9.17) is 25.5 Å². The van der Waals surface area contributed by atoms with Crippen LogP contribution in [-0.2, 0) is 19.4 Å². The SMILES string of the molecule is CN(CCN)C1CCS(=O)(=O)C1.O=C(O)C(=O)O. The molecule has 8 nitrogen and oxygen atoms in total. The molecule has 1 atom stereocenters. The molecular weight excluding hydrogens is 264 g/mol. The molecule has 1 rings (SSSR count). The van der Waals surface area contributed by atoms with Crippen LogP contribution in [0.25, 0.3) is 0 Å². The fourth-order valence-corrected chi connectivity index (χ4v) is 3.31. The summed E-state index contributed by atoms with van der Waals surface area (Å²) in [7, 11) is -0.812. The zero-order valence-electron chi connectivity index (χ0n) is 10.1. The third-order valence-electron chi connectivity index (χ3n) is 2.50. The van der Waals surface area contributed by atoms with Gasteiger partial charge in [-0.3, -0.25) is 0 Å². The van der Waals surface area contributed by atoms with Gasteiger partial charge in [0, 0.05) is 19.1 Å². The maximum absolute atomic E-state index is 11.1. The van der Waals surface area contributed by atoms with Crippen molar-refractivity contribution in [1.82, 2.24) is 4.90 Å². The molecule has 0 aromatic carbocycles. The Morgan fingerprint density at radius 2 is 1.83 bits per heavy atom. The van der Waals surface area contributed by atoms with E-state index in [2.05, 4.69) is 0 Å². The molecular formula is C9H18N2O6S. The summed E-state index contributed by atoms with van der Waals surface area (Å²) in [5.74, 6) is -3.00. The van der Waals surface area contributed by atoms with E-state index in [1.54, 1.807) is 0 Å². The minimum Gasteiger partial charge on any atom is -0.473 e. The van der Waals surface area contributed by atoms with Crippen molar-refractivity contribution in [2.75, 3.05) is 31.6 Å². The first kappa shape index (κ1) is 16.8. The molecule has 106 valence electrons. The van der Waals surface area contributed by atoms with E-state index < -0.39 is 21.8 Å². The number of hydrogen-bond acceptors (Lipinski definition) is 6. The van der Waals surface area contributed by atoms with Gasteiger partial charge in [0.05, 0.1) is 11.5 Å². The summed E-state index contributed by atoms with van der Waals surface area (Å²) in [6.07, 6.45) is 0.763. The van der Waals surface area contributed by atoms with Gasteiger partial charge in [0.1, 0.15) is 0 Å². The Balaban J connectivity index is 0.000000411. The van der Waals surface area contributed by atoms with Crippen LogP contribution in [0.4, 0.5) is 0 Å². The molecule has 9 heteroatoms. The van der Waals surface area contributed by atoms with E-state index in [1.807, 2.05) is 11.9 Å². The number of rotatable bonds is 3. The predicted molar refractivity (Wildman–Crippen MR) is 64.0 cm³/mol. The number of nitrogens with two attached hydrogens (primary N) is 1. The highest BCUT2D eigenvalue weighted by Gasteiger charge is 2.29. The Hall–Kier alpha value is -1.19. The van der Waals surface area contributed by atoms with Gasteiger partial charge in [-0.25, -0.2) is 18.0 Å². The van der Waals surface area contributed by atoms with Crippen molar-refractivity contribution in [1.29, 1.82) is 0 Å². The summed E-state index contributed by atoms with van der Waals surface area (Å²) in [5.41, 5.74) is 5.37. The molecule has 1 aliphatic rings. The molecule has 0 bridgehead atoms. The fourth-order valence-electron chi connectivity index (χ4n) is 1.51. The van der Waals surface area contributed by atoms with Crippen LogP contribution in [0.1, 0.15) is 6.42 Å². The van der Waals surface area contributed by atoms with Crippen molar-refractivity contribution in [2.45, 2.75) is 12.5 Å². The second-order valence-corrected chi connectivity index (χ2v) is 6.17. The lowest BCUT2D eigenvalue weighted by atomic mass is 10.2. The number of hydrogen-bond donors (Lipinski definition) is 3.